The summed E-state index contributed by atoms with van der Waals surface area (Å²) in [5, 5.41) is 23.3. The van der Waals surface area contributed by atoms with E-state index in [-0.39, 0.29) is 0 Å². The molecule has 0 aromatic rings. The number of hydrogen-bond donors (Lipinski definition) is 3. The molecule has 12 heavy (non-hydrogen) atoms. The van der Waals surface area contributed by atoms with E-state index >= 15 is 0 Å². The zero-order chi connectivity index (χ0) is 10.4. The van der Waals surface area contributed by atoms with Crippen LogP contribution in [0.3, 0.4) is 0 Å². The molecule has 0 heterocycles. The van der Waals surface area contributed by atoms with Gasteiger partial charge in [0.25, 0.3) is 0 Å². The van der Waals surface area contributed by atoms with E-state index in [1.54, 1.807) is 20.8 Å². The van der Waals surface area contributed by atoms with Gasteiger partial charge in [0, 0.05) is 0 Å². The lowest BCUT2D eigenvalue weighted by molar-refractivity contribution is -0.145. The van der Waals surface area contributed by atoms with E-state index in [9.17, 15) is 4.79 Å². The van der Waals surface area contributed by atoms with E-state index in [2.05, 4.69) is 0 Å². The van der Waals surface area contributed by atoms with E-state index in [0.717, 1.165) is 0 Å². The van der Waals surface area contributed by atoms with E-state index < -0.39 is 24.0 Å². The quantitative estimate of drug-likeness (QED) is 0.532. The molecule has 5 nitrogen and oxygen atoms in total. The summed E-state index contributed by atoms with van der Waals surface area (Å²) in [6.07, 6.45) is 0. The number of carbonyl (C=O) groups is 2. The smallest absolute Gasteiger partial charge is 0.329 e. The molecule has 0 saturated carbocycles. The Hall–Kier alpha value is -1.10. The summed E-state index contributed by atoms with van der Waals surface area (Å²) in [6.45, 7) is 4.21. The summed E-state index contributed by atoms with van der Waals surface area (Å²) in [4.78, 5) is 19.1. The Morgan fingerprint density at radius 3 is 1.33 bits per heavy atom. The normalized spacial score (nSPS) is 9.67. The van der Waals surface area contributed by atoms with Crippen molar-refractivity contribution in [2.24, 2.45) is 5.41 Å². The molecular formula is C7H14O5. The van der Waals surface area contributed by atoms with Crippen molar-refractivity contribution in [3.63, 3.8) is 0 Å². The number of rotatable bonds is 1. The molecule has 0 amide bonds. The van der Waals surface area contributed by atoms with E-state index in [0.29, 0.717) is 0 Å². The van der Waals surface area contributed by atoms with Crippen LogP contribution in [0.2, 0.25) is 0 Å². The largest absolute Gasteiger partial charge is 0.481 e. The van der Waals surface area contributed by atoms with Crippen LogP contribution >= 0.6 is 0 Å². The Balaban J connectivity index is 0. The number of carboxylic acids is 2. The third-order valence-corrected chi connectivity index (χ3v) is 0.777. The molecule has 0 aliphatic heterocycles. The fourth-order valence-corrected chi connectivity index (χ4v) is 0. The number of aliphatic carboxylic acids is 2. The molecule has 72 valence electrons. The van der Waals surface area contributed by atoms with Crippen molar-refractivity contribution >= 4 is 11.9 Å². The zero-order valence-electron chi connectivity index (χ0n) is 7.37. The molecule has 5 heteroatoms. The highest BCUT2D eigenvalue weighted by atomic mass is 16.4. The molecule has 0 radical (unpaired) electrons. The van der Waals surface area contributed by atoms with Gasteiger partial charge in [-0.3, -0.25) is 4.79 Å². The van der Waals surface area contributed by atoms with Crippen LogP contribution in [0.15, 0.2) is 0 Å². The van der Waals surface area contributed by atoms with Crippen molar-refractivity contribution in [1.29, 1.82) is 0 Å². The Morgan fingerprint density at radius 2 is 1.33 bits per heavy atom. The minimum Gasteiger partial charge on any atom is -0.481 e. The lowest BCUT2D eigenvalue weighted by atomic mass is 9.98. The van der Waals surface area contributed by atoms with Gasteiger partial charge in [-0.2, -0.15) is 0 Å². The minimum absolute atomic E-state index is 0.583. The number of carboxylic acid groups (broad SMARTS) is 2. The second-order valence-corrected chi connectivity index (χ2v) is 3.11. The monoisotopic (exact) mass is 178 g/mol. The van der Waals surface area contributed by atoms with Gasteiger partial charge in [-0.05, 0) is 20.8 Å². The summed E-state index contributed by atoms with van der Waals surface area (Å²) < 4.78 is 0. The van der Waals surface area contributed by atoms with Gasteiger partial charge < -0.3 is 15.3 Å². The zero-order valence-corrected chi connectivity index (χ0v) is 7.37. The maximum Gasteiger partial charge on any atom is 0.329 e. The first kappa shape index (κ1) is 13.5. The van der Waals surface area contributed by atoms with Crippen LogP contribution in [0.4, 0.5) is 0 Å². The highest BCUT2D eigenvalue weighted by Crippen LogP contribution is 2.11. The Bertz CT molecular complexity index is 156. The molecule has 0 unspecified atom stereocenters. The molecule has 0 saturated heterocycles. The SMILES string of the molecule is CC(C)(C)C(=O)O.O=C(O)CO. The van der Waals surface area contributed by atoms with Gasteiger partial charge in [0.1, 0.15) is 6.61 Å². The van der Waals surface area contributed by atoms with Crippen LogP contribution in [-0.4, -0.2) is 33.9 Å². The van der Waals surface area contributed by atoms with Crippen molar-refractivity contribution in [2.45, 2.75) is 20.8 Å². The van der Waals surface area contributed by atoms with Crippen molar-refractivity contribution in [1.82, 2.24) is 0 Å². The Labute approximate surface area is 70.6 Å². The van der Waals surface area contributed by atoms with Gasteiger partial charge >= 0.3 is 11.9 Å². The van der Waals surface area contributed by atoms with Gasteiger partial charge in [-0.15, -0.1) is 0 Å². The fourth-order valence-electron chi connectivity index (χ4n) is 0. The molecule has 0 fully saturated rings. The maximum atomic E-state index is 10.0. The molecule has 0 aliphatic carbocycles. The van der Waals surface area contributed by atoms with Gasteiger partial charge in [-0.1, -0.05) is 0 Å². The topological polar surface area (TPSA) is 94.8 Å². The van der Waals surface area contributed by atoms with Crippen LogP contribution in [-0.2, 0) is 9.59 Å². The standard InChI is InChI=1S/C5H10O2.C2H4O3/c1-5(2,3)4(6)7;3-1-2(4)5/h1-3H3,(H,6,7);3H,1H2,(H,4,5). The van der Waals surface area contributed by atoms with Crippen molar-refractivity contribution in [3.05, 3.63) is 0 Å². The first-order valence-corrected chi connectivity index (χ1v) is 3.28. The third-order valence-electron chi connectivity index (χ3n) is 0.777. The highest BCUT2D eigenvalue weighted by Gasteiger charge is 2.18. The molecular weight excluding hydrogens is 164 g/mol. The maximum absolute atomic E-state index is 10.0. The van der Waals surface area contributed by atoms with Gasteiger partial charge in [0.05, 0.1) is 5.41 Å². The molecule has 3 N–H and O–H groups in total. The Morgan fingerprint density at radius 1 is 1.17 bits per heavy atom. The summed E-state index contributed by atoms with van der Waals surface area (Å²) in [6, 6.07) is 0. The Kier molecular flexibility index (Phi) is 6.22. The lowest BCUT2D eigenvalue weighted by Gasteiger charge is -2.08. The molecule has 0 rings (SSSR count). The second kappa shape index (κ2) is 5.54. The number of aliphatic hydroxyl groups excluding tert-OH is 1. The molecule has 0 aliphatic rings. The van der Waals surface area contributed by atoms with Crippen LogP contribution in [0.5, 0.6) is 0 Å². The number of aliphatic hydroxyl groups is 1. The van der Waals surface area contributed by atoms with Crippen LogP contribution < -0.4 is 0 Å². The minimum atomic E-state index is -1.19. The first-order chi connectivity index (χ1) is 5.21. The predicted molar refractivity (Wildman–Crippen MR) is 41.8 cm³/mol. The van der Waals surface area contributed by atoms with Crippen molar-refractivity contribution in [2.75, 3.05) is 6.61 Å². The summed E-state index contributed by atoms with van der Waals surface area (Å²) in [5.74, 6) is -1.95. The summed E-state index contributed by atoms with van der Waals surface area (Å²) in [7, 11) is 0. The van der Waals surface area contributed by atoms with E-state index in [1.807, 2.05) is 0 Å². The lowest BCUT2D eigenvalue weighted by Crippen LogP contribution is -2.18. The molecule has 0 atom stereocenters. The van der Waals surface area contributed by atoms with Crippen LogP contribution in [0, 0.1) is 5.41 Å². The van der Waals surface area contributed by atoms with Crippen LogP contribution in [0.1, 0.15) is 20.8 Å². The summed E-state index contributed by atoms with van der Waals surface area (Å²) >= 11 is 0. The molecule has 0 bridgehead atoms. The summed E-state index contributed by atoms with van der Waals surface area (Å²) in [5.41, 5.74) is -0.583. The molecule has 0 spiro atoms. The second-order valence-electron chi connectivity index (χ2n) is 3.11. The molecule has 0 aromatic carbocycles. The fraction of sp³-hybridized carbons (Fsp3) is 0.714. The van der Waals surface area contributed by atoms with Crippen molar-refractivity contribution in [3.8, 4) is 0 Å². The van der Waals surface area contributed by atoms with Gasteiger partial charge in [0.15, 0.2) is 0 Å². The van der Waals surface area contributed by atoms with Crippen molar-refractivity contribution < 1.29 is 24.9 Å². The average Bonchev–Trinajstić information content (AvgIpc) is 1.87. The van der Waals surface area contributed by atoms with Gasteiger partial charge in [0.2, 0.25) is 0 Å². The first-order valence-electron chi connectivity index (χ1n) is 3.28. The van der Waals surface area contributed by atoms with Crippen LogP contribution in [0.25, 0.3) is 0 Å². The average molecular weight is 178 g/mol. The third kappa shape index (κ3) is 11.7. The molecule has 0 aromatic heterocycles. The number of hydrogen-bond acceptors (Lipinski definition) is 3. The van der Waals surface area contributed by atoms with Gasteiger partial charge in [-0.25, -0.2) is 4.79 Å². The van der Waals surface area contributed by atoms with E-state index in [4.69, 9.17) is 20.1 Å². The highest BCUT2D eigenvalue weighted by molar-refractivity contribution is 5.72. The van der Waals surface area contributed by atoms with E-state index in [1.165, 1.54) is 0 Å². The predicted octanol–water partition coefficient (Wildman–Crippen LogP) is 0.180.